The first-order valence-electron chi connectivity index (χ1n) is 4.94. The van der Waals surface area contributed by atoms with E-state index in [1.54, 1.807) is 6.07 Å². The van der Waals surface area contributed by atoms with Gasteiger partial charge in [0.25, 0.3) is 0 Å². The molecule has 0 unspecified atom stereocenters. The Labute approximate surface area is 92.0 Å². The third kappa shape index (κ3) is 3.72. The zero-order valence-electron chi connectivity index (χ0n) is 9.31. The number of hydrogen-bond donors (Lipinski definition) is 0. The third-order valence-electron chi connectivity index (χ3n) is 2.55. The zero-order chi connectivity index (χ0) is 11.5. The van der Waals surface area contributed by atoms with Gasteiger partial charge in [0.2, 0.25) is 0 Å². The Kier molecular flexibility index (Phi) is 3.99. The Bertz CT molecular complexity index is 339. The molecule has 0 bridgehead atoms. The Morgan fingerprint density at radius 3 is 2.47 bits per heavy atom. The summed E-state index contributed by atoms with van der Waals surface area (Å²) in [6, 6.07) is 4.03. The van der Waals surface area contributed by atoms with Crippen LogP contribution in [0.5, 0.6) is 0 Å². The average Bonchev–Trinajstić information content (AvgIpc) is 2.20. The molecular weight excluding hydrogens is 214 g/mol. The molecule has 0 saturated carbocycles. The van der Waals surface area contributed by atoms with E-state index in [4.69, 9.17) is 4.43 Å². The third-order valence-corrected chi connectivity index (χ3v) is 3.66. The Hall–Kier alpha value is -0.743. The lowest BCUT2D eigenvalue weighted by atomic mass is 9.99. The summed E-state index contributed by atoms with van der Waals surface area (Å²) in [7, 11) is 0.687. The Balaban J connectivity index is 2.62. The molecular formula is C11H16F2OSi. The van der Waals surface area contributed by atoms with Crippen LogP contribution in [0.15, 0.2) is 18.2 Å². The fraction of sp³-hybridized carbons (Fsp3) is 0.455. The van der Waals surface area contributed by atoms with Gasteiger partial charge in [0.05, 0.1) is 0 Å². The van der Waals surface area contributed by atoms with Gasteiger partial charge in [0, 0.05) is 5.60 Å². The molecule has 84 valence electrons. The molecule has 1 aromatic rings. The van der Waals surface area contributed by atoms with Gasteiger partial charge in [0.15, 0.2) is 11.6 Å². The van der Waals surface area contributed by atoms with E-state index < -0.39 is 11.6 Å². The predicted molar refractivity (Wildman–Crippen MR) is 59.8 cm³/mol. The van der Waals surface area contributed by atoms with Crippen LogP contribution in [-0.2, 0) is 10.8 Å². The van der Waals surface area contributed by atoms with Crippen molar-refractivity contribution in [2.24, 2.45) is 0 Å². The van der Waals surface area contributed by atoms with Gasteiger partial charge in [-0.2, -0.15) is 0 Å². The predicted octanol–water partition coefficient (Wildman–Crippen LogP) is 1.97. The second-order valence-electron chi connectivity index (χ2n) is 4.21. The molecule has 0 radical (unpaired) electrons. The summed E-state index contributed by atoms with van der Waals surface area (Å²) in [5.41, 5.74) is 0.637. The summed E-state index contributed by atoms with van der Waals surface area (Å²) < 4.78 is 30.9. The minimum absolute atomic E-state index is 0.170. The highest BCUT2D eigenvalue weighted by atomic mass is 28.2. The average molecular weight is 230 g/mol. The number of aryl methyl sites for hydroxylation is 1. The first kappa shape index (κ1) is 12.3. The zero-order valence-corrected chi connectivity index (χ0v) is 11.3. The molecule has 1 aromatic carbocycles. The van der Waals surface area contributed by atoms with Gasteiger partial charge in [-0.1, -0.05) is 6.07 Å². The van der Waals surface area contributed by atoms with Crippen molar-refractivity contribution in [1.82, 2.24) is 0 Å². The van der Waals surface area contributed by atoms with Crippen LogP contribution in [0, 0.1) is 11.6 Å². The Morgan fingerprint density at radius 2 is 1.93 bits per heavy atom. The van der Waals surface area contributed by atoms with Gasteiger partial charge in [-0.25, -0.2) is 8.78 Å². The molecule has 1 nitrogen and oxygen atoms in total. The van der Waals surface area contributed by atoms with Crippen LogP contribution in [0.4, 0.5) is 8.78 Å². The van der Waals surface area contributed by atoms with E-state index in [0.717, 1.165) is 12.0 Å². The lowest BCUT2D eigenvalue weighted by Crippen LogP contribution is -2.23. The van der Waals surface area contributed by atoms with Gasteiger partial charge >= 0.3 is 0 Å². The van der Waals surface area contributed by atoms with E-state index in [1.165, 1.54) is 12.1 Å². The summed E-state index contributed by atoms with van der Waals surface area (Å²) >= 11 is 0. The molecule has 0 atom stereocenters. The second-order valence-corrected chi connectivity index (χ2v) is 4.62. The highest BCUT2D eigenvalue weighted by molar-refractivity contribution is 5.98. The number of hydrogen-bond acceptors (Lipinski definition) is 1. The highest BCUT2D eigenvalue weighted by Crippen LogP contribution is 2.17. The molecule has 0 fully saturated rings. The molecule has 1 rings (SSSR count). The first-order valence-corrected chi connectivity index (χ1v) is 5.75. The molecule has 0 aromatic heterocycles. The molecule has 0 aliphatic rings. The Morgan fingerprint density at radius 1 is 1.27 bits per heavy atom. The smallest absolute Gasteiger partial charge is 0.159 e. The minimum Gasteiger partial charge on any atom is -0.423 e. The normalized spacial score (nSPS) is 12.0. The quantitative estimate of drug-likeness (QED) is 0.719. The minimum atomic E-state index is -0.794. The van der Waals surface area contributed by atoms with Crippen LogP contribution < -0.4 is 0 Å². The molecule has 4 heteroatoms. The van der Waals surface area contributed by atoms with Gasteiger partial charge in [-0.05, 0) is 44.4 Å². The topological polar surface area (TPSA) is 9.23 Å². The SMILES string of the molecule is CC(C)(CCc1ccc(F)c(F)c1)O[SiH3]. The van der Waals surface area contributed by atoms with Crippen LogP contribution in [0.25, 0.3) is 0 Å². The lowest BCUT2D eigenvalue weighted by molar-refractivity contribution is 0.113. The van der Waals surface area contributed by atoms with E-state index in [-0.39, 0.29) is 5.60 Å². The maximum Gasteiger partial charge on any atom is 0.159 e. The fourth-order valence-corrected chi connectivity index (χ4v) is 1.45. The summed E-state index contributed by atoms with van der Waals surface area (Å²) in [6.07, 6.45) is 1.51. The first-order chi connectivity index (χ1) is 6.94. The van der Waals surface area contributed by atoms with Crippen molar-refractivity contribution in [3.8, 4) is 0 Å². The van der Waals surface area contributed by atoms with Crippen LogP contribution in [0.3, 0.4) is 0 Å². The number of halogens is 2. The highest BCUT2D eigenvalue weighted by Gasteiger charge is 2.15. The van der Waals surface area contributed by atoms with Crippen molar-refractivity contribution in [2.45, 2.75) is 32.3 Å². The van der Waals surface area contributed by atoms with Crippen LogP contribution in [0.2, 0.25) is 0 Å². The van der Waals surface area contributed by atoms with E-state index in [9.17, 15) is 8.78 Å². The largest absolute Gasteiger partial charge is 0.423 e. The van der Waals surface area contributed by atoms with Gasteiger partial charge < -0.3 is 4.43 Å². The fourth-order valence-electron chi connectivity index (χ4n) is 1.24. The molecule has 0 saturated heterocycles. The summed E-state index contributed by atoms with van der Waals surface area (Å²) in [4.78, 5) is 0. The van der Waals surface area contributed by atoms with E-state index in [0.29, 0.717) is 16.9 Å². The van der Waals surface area contributed by atoms with Crippen LogP contribution in [-0.4, -0.2) is 16.1 Å². The summed E-state index contributed by atoms with van der Waals surface area (Å²) in [6.45, 7) is 4.00. The van der Waals surface area contributed by atoms with Crippen LogP contribution in [0.1, 0.15) is 25.8 Å². The summed E-state index contributed by atoms with van der Waals surface area (Å²) in [5.74, 6) is -1.57. The van der Waals surface area contributed by atoms with E-state index >= 15 is 0 Å². The van der Waals surface area contributed by atoms with Gasteiger partial charge in [-0.3, -0.25) is 0 Å². The monoisotopic (exact) mass is 230 g/mol. The molecule has 0 spiro atoms. The number of benzene rings is 1. The lowest BCUT2D eigenvalue weighted by Gasteiger charge is -2.23. The standard InChI is InChI=1S/C11H16F2OSi/c1-11(2,14-15)6-5-8-3-4-9(12)10(13)7-8/h3-4,7H,5-6H2,1-2,15H3. The van der Waals surface area contributed by atoms with Crippen molar-refractivity contribution in [3.05, 3.63) is 35.4 Å². The van der Waals surface area contributed by atoms with Gasteiger partial charge in [0.1, 0.15) is 10.5 Å². The molecule has 15 heavy (non-hydrogen) atoms. The van der Waals surface area contributed by atoms with Gasteiger partial charge in [-0.15, -0.1) is 0 Å². The summed E-state index contributed by atoms with van der Waals surface area (Å²) in [5, 5.41) is 0. The molecule has 0 N–H and O–H groups in total. The van der Waals surface area contributed by atoms with Crippen LogP contribution >= 0.6 is 0 Å². The molecule has 0 amide bonds. The van der Waals surface area contributed by atoms with Crippen molar-refractivity contribution >= 4 is 10.5 Å². The van der Waals surface area contributed by atoms with E-state index in [2.05, 4.69) is 0 Å². The maximum absolute atomic E-state index is 12.9. The number of rotatable bonds is 4. The van der Waals surface area contributed by atoms with Crippen molar-refractivity contribution < 1.29 is 13.2 Å². The maximum atomic E-state index is 12.9. The van der Waals surface area contributed by atoms with E-state index in [1.807, 2.05) is 13.8 Å². The van der Waals surface area contributed by atoms with Crippen molar-refractivity contribution in [1.29, 1.82) is 0 Å². The molecule has 0 aliphatic carbocycles. The second kappa shape index (κ2) is 4.85. The van der Waals surface area contributed by atoms with Crippen molar-refractivity contribution in [3.63, 3.8) is 0 Å². The molecule has 0 heterocycles. The molecule has 0 aliphatic heterocycles. The van der Waals surface area contributed by atoms with Crippen molar-refractivity contribution in [2.75, 3.05) is 0 Å².